The lowest BCUT2D eigenvalue weighted by atomic mass is 9.99. The van der Waals surface area contributed by atoms with Crippen LogP contribution in [0.4, 0.5) is 0 Å². The van der Waals surface area contributed by atoms with Gasteiger partial charge in [0.25, 0.3) is 0 Å². The number of allylic oxidation sites excluding steroid dienone is 4. The van der Waals surface area contributed by atoms with Crippen molar-refractivity contribution in [1.82, 2.24) is 0 Å². The van der Waals surface area contributed by atoms with Gasteiger partial charge in [0, 0.05) is 0 Å². The zero-order chi connectivity index (χ0) is 13.1. The van der Waals surface area contributed by atoms with Crippen molar-refractivity contribution in [2.24, 2.45) is 0 Å². The second-order valence-corrected chi connectivity index (χ2v) is 4.07. The summed E-state index contributed by atoms with van der Waals surface area (Å²) in [6.07, 6.45) is 6.68. The molecule has 0 radical (unpaired) electrons. The van der Waals surface area contributed by atoms with Crippen molar-refractivity contribution >= 4 is 0 Å². The van der Waals surface area contributed by atoms with Crippen LogP contribution in [0.25, 0.3) is 0 Å². The summed E-state index contributed by atoms with van der Waals surface area (Å²) in [6, 6.07) is 10.6. The van der Waals surface area contributed by atoms with Gasteiger partial charge in [-0.15, -0.1) is 0 Å². The molecule has 1 unspecified atom stereocenters. The average Bonchev–Trinajstić information content (AvgIpc) is 2.39. The van der Waals surface area contributed by atoms with Crippen molar-refractivity contribution in [2.75, 3.05) is 0 Å². The van der Waals surface area contributed by atoms with Crippen molar-refractivity contribution in [3.05, 3.63) is 72.9 Å². The van der Waals surface area contributed by atoms with Crippen LogP contribution in [0.1, 0.15) is 38.7 Å². The summed E-state index contributed by atoms with van der Waals surface area (Å²) in [5, 5.41) is 0. The van der Waals surface area contributed by atoms with Crippen molar-refractivity contribution in [1.29, 1.82) is 0 Å². The minimum absolute atomic E-state index is 0.709. The molecule has 0 saturated carbocycles. The van der Waals surface area contributed by atoms with E-state index in [1.165, 1.54) is 12.0 Å². The van der Waals surface area contributed by atoms with E-state index in [-0.39, 0.29) is 0 Å². The average molecular weight is 228 g/mol. The monoisotopic (exact) mass is 228 g/mol. The molecular formula is C17H24. The Kier molecular flexibility index (Phi) is 8.77. The molecule has 1 atom stereocenters. The van der Waals surface area contributed by atoms with Gasteiger partial charge in [-0.05, 0) is 24.8 Å². The van der Waals surface area contributed by atoms with Gasteiger partial charge in [-0.2, -0.15) is 0 Å². The second-order valence-electron chi connectivity index (χ2n) is 4.07. The third-order valence-corrected chi connectivity index (χ3v) is 2.68. The van der Waals surface area contributed by atoms with E-state index in [4.69, 9.17) is 0 Å². The quantitative estimate of drug-likeness (QED) is 0.596. The molecule has 1 aromatic carbocycles. The topological polar surface area (TPSA) is 0 Å². The van der Waals surface area contributed by atoms with Gasteiger partial charge >= 0.3 is 0 Å². The molecule has 0 heterocycles. The standard InChI is InChI=1S/C10H14.C7H10/c1-3-9(2)10-7-5-4-6-8-10;1-4-6-7(3)5-2/h4-9H,3H2,1-2H3;4-6H,1-2H2,3H3/b;7-6-. The van der Waals surface area contributed by atoms with Crippen LogP contribution in [0.15, 0.2) is 67.3 Å². The van der Waals surface area contributed by atoms with Crippen molar-refractivity contribution in [3.8, 4) is 0 Å². The van der Waals surface area contributed by atoms with Gasteiger partial charge in [0.15, 0.2) is 0 Å². The van der Waals surface area contributed by atoms with Crippen LogP contribution in [-0.4, -0.2) is 0 Å². The van der Waals surface area contributed by atoms with E-state index < -0.39 is 0 Å². The predicted molar refractivity (Wildman–Crippen MR) is 79.3 cm³/mol. The molecule has 0 N–H and O–H groups in total. The minimum Gasteiger partial charge on any atom is -0.0991 e. The number of benzene rings is 1. The van der Waals surface area contributed by atoms with Gasteiger partial charge < -0.3 is 0 Å². The molecule has 1 aromatic rings. The zero-order valence-corrected chi connectivity index (χ0v) is 11.3. The summed E-state index contributed by atoms with van der Waals surface area (Å²) in [4.78, 5) is 0. The van der Waals surface area contributed by atoms with Crippen molar-refractivity contribution in [2.45, 2.75) is 33.1 Å². The summed E-state index contributed by atoms with van der Waals surface area (Å²) in [5.74, 6) is 0.709. The fourth-order valence-electron chi connectivity index (χ4n) is 1.27. The minimum atomic E-state index is 0.709. The first-order chi connectivity index (χ1) is 8.15. The van der Waals surface area contributed by atoms with Crippen LogP contribution in [0, 0.1) is 0 Å². The van der Waals surface area contributed by atoms with E-state index in [1.807, 2.05) is 13.0 Å². The third-order valence-electron chi connectivity index (χ3n) is 2.68. The Bertz CT molecular complexity index is 344. The summed E-state index contributed by atoms with van der Waals surface area (Å²) < 4.78 is 0. The molecule has 0 aromatic heterocycles. The van der Waals surface area contributed by atoms with Crippen molar-refractivity contribution in [3.63, 3.8) is 0 Å². The van der Waals surface area contributed by atoms with Crippen molar-refractivity contribution < 1.29 is 0 Å². The van der Waals surface area contributed by atoms with E-state index in [1.54, 1.807) is 12.2 Å². The maximum absolute atomic E-state index is 3.56. The third kappa shape index (κ3) is 7.35. The van der Waals surface area contributed by atoms with E-state index in [0.717, 1.165) is 5.57 Å². The van der Waals surface area contributed by atoms with Crippen LogP contribution >= 0.6 is 0 Å². The molecule has 92 valence electrons. The summed E-state index contributed by atoms with van der Waals surface area (Å²) in [5.41, 5.74) is 2.60. The second kappa shape index (κ2) is 9.65. The Morgan fingerprint density at radius 2 is 1.82 bits per heavy atom. The molecule has 0 amide bonds. The van der Waals surface area contributed by atoms with Crippen LogP contribution in [0.5, 0.6) is 0 Å². The smallest absolute Gasteiger partial charge is 0.0193 e. The molecule has 0 bridgehead atoms. The normalized spacial score (nSPS) is 12.1. The highest BCUT2D eigenvalue weighted by molar-refractivity contribution is 5.18. The first-order valence-electron chi connectivity index (χ1n) is 6.12. The van der Waals surface area contributed by atoms with Crippen LogP contribution in [0.3, 0.4) is 0 Å². The molecule has 0 heteroatoms. The fraction of sp³-hybridized carbons (Fsp3) is 0.294. The molecular weight excluding hydrogens is 204 g/mol. The maximum atomic E-state index is 3.56. The van der Waals surface area contributed by atoms with Crippen LogP contribution in [-0.2, 0) is 0 Å². The van der Waals surface area contributed by atoms with E-state index >= 15 is 0 Å². The Balaban J connectivity index is 0.000000325. The molecule has 0 aliphatic rings. The Morgan fingerprint density at radius 3 is 2.18 bits per heavy atom. The highest BCUT2D eigenvalue weighted by Crippen LogP contribution is 2.16. The Hall–Kier alpha value is -1.56. The van der Waals surface area contributed by atoms with Gasteiger partial charge in [-0.1, -0.05) is 81.1 Å². The number of hydrogen-bond donors (Lipinski definition) is 0. The van der Waals surface area contributed by atoms with E-state index in [0.29, 0.717) is 5.92 Å². The zero-order valence-electron chi connectivity index (χ0n) is 11.3. The number of hydrogen-bond acceptors (Lipinski definition) is 0. The van der Waals surface area contributed by atoms with Gasteiger partial charge in [-0.25, -0.2) is 0 Å². The van der Waals surface area contributed by atoms with E-state index in [2.05, 4.69) is 57.3 Å². The SMILES string of the molecule is C=C/C=C(/C)C=C.CCC(C)c1ccccc1. The van der Waals surface area contributed by atoms with Crippen LogP contribution < -0.4 is 0 Å². The lowest BCUT2D eigenvalue weighted by Crippen LogP contribution is -1.88. The molecule has 17 heavy (non-hydrogen) atoms. The molecule has 1 rings (SSSR count). The summed E-state index contributed by atoms with van der Waals surface area (Å²) in [6.45, 7) is 13.5. The molecule has 0 nitrogen and oxygen atoms in total. The maximum Gasteiger partial charge on any atom is -0.0193 e. The first-order valence-corrected chi connectivity index (χ1v) is 6.12. The van der Waals surface area contributed by atoms with Crippen LogP contribution in [0.2, 0.25) is 0 Å². The molecule has 0 aliphatic carbocycles. The highest BCUT2D eigenvalue weighted by Gasteiger charge is 1.98. The Labute approximate surface area is 106 Å². The van der Waals surface area contributed by atoms with Gasteiger partial charge in [0.2, 0.25) is 0 Å². The fourth-order valence-corrected chi connectivity index (χ4v) is 1.27. The predicted octanol–water partition coefficient (Wildman–Crippen LogP) is 5.50. The first kappa shape index (κ1) is 15.4. The van der Waals surface area contributed by atoms with E-state index in [9.17, 15) is 0 Å². The summed E-state index contributed by atoms with van der Waals surface area (Å²) in [7, 11) is 0. The lowest BCUT2D eigenvalue weighted by molar-refractivity contribution is 0.733. The highest BCUT2D eigenvalue weighted by atomic mass is 14.0. The van der Waals surface area contributed by atoms with Gasteiger partial charge in [0.05, 0.1) is 0 Å². The van der Waals surface area contributed by atoms with Gasteiger partial charge in [-0.3, -0.25) is 0 Å². The number of rotatable bonds is 4. The molecule has 0 aliphatic heterocycles. The summed E-state index contributed by atoms with van der Waals surface area (Å²) >= 11 is 0. The lowest BCUT2D eigenvalue weighted by Gasteiger charge is -2.06. The Morgan fingerprint density at radius 1 is 1.24 bits per heavy atom. The largest absolute Gasteiger partial charge is 0.0991 e. The van der Waals surface area contributed by atoms with Gasteiger partial charge in [0.1, 0.15) is 0 Å². The molecule has 0 fully saturated rings. The molecule has 0 spiro atoms. The molecule has 0 saturated heterocycles.